The monoisotopic (exact) mass is 387 g/mol. The lowest BCUT2D eigenvalue weighted by molar-refractivity contribution is -0.909. The summed E-state index contributed by atoms with van der Waals surface area (Å²) in [6.07, 6.45) is 8.31. The van der Waals surface area contributed by atoms with Crippen molar-refractivity contribution < 1.29 is 19.2 Å². The highest BCUT2D eigenvalue weighted by atomic mass is 16.6. The number of carbonyl (C=O) groups excluding carboxylic acids is 1. The Labute approximate surface area is 169 Å². The lowest BCUT2D eigenvalue weighted by Crippen LogP contribution is -3.14. The Morgan fingerprint density at radius 1 is 1.07 bits per heavy atom. The topological polar surface area (TPSA) is 43.2 Å². The predicted octanol–water partition coefficient (Wildman–Crippen LogP) is 2.43. The Bertz CT molecular complexity index is 672. The first-order valence-corrected chi connectivity index (χ1v) is 11.3. The number of carbonyl (C=O) groups is 1. The number of benzene rings is 1. The van der Waals surface area contributed by atoms with Crippen LogP contribution in [0.2, 0.25) is 0 Å². The molecule has 0 spiro atoms. The van der Waals surface area contributed by atoms with E-state index in [1.807, 2.05) is 6.07 Å². The molecule has 0 radical (unpaired) electrons. The molecule has 1 N–H and O–H groups in total. The molecule has 2 heterocycles. The second kappa shape index (κ2) is 9.17. The zero-order valence-corrected chi connectivity index (χ0v) is 17.3. The summed E-state index contributed by atoms with van der Waals surface area (Å²) in [5, 5.41) is 0. The van der Waals surface area contributed by atoms with Crippen LogP contribution in [0.4, 0.5) is 0 Å². The van der Waals surface area contributed by atoms with Crippen LogP contribution in [0.1, 0.15) is 57.4 Å². The normalized spacial score (nSPS) is 24.9. The van der Waals surface area contributed by atoms with E-state index < -0.39 is 0 Å². The Kier molecular flexibility index (Phi) is 6.40. The van der Waals surface area contributed by atoms with Crippen LogP contribution in [0.5, 0.6) is 11.5 Å². The standard InChI is InChI=1S/C23H34N2O3/c1-2-24-12-6-9-20(24)17-25(23(26)19-7-4-3-5-8-19)16-18-10-11-21-22(15-18)28-14-13-27-21/h10-11,15,19-20H,2-9,12-14,16-17H2,1H3/p+1/t20-/m1/s1. The maximum absolute atomic E-state index is 13.4. The number of likely N-dealkylation sites (tertiary alicyclic amines) is 1. The molecule has 5 nitrogen and oxygen atoms in total. The smallest absolute Gasteiger partial charge is 0.226 e. The fraction of sp³-hybridized carbons (Fsp3) is 0.696. The van der Waals surface area contributed by atoms with Crippen LogP contribution in [0, 0.1) is 5.92 Å². The molecule has 3 aliphatic rings. The van der Waals surface area contributed by atoms with Gasteiger partial charge in [0.05, 0.1) is 19.6 Å². The van der Waals surface area contributed by atoms with E-state index in [2.05, 4.69) is 24.0 Å². The molecule has 2 atom stereocenters. The van der Waals surface area contributed by atoms with Crippen molar-refractivity contribution in [3.8, 4) is 11.5 Å². The first-order valence-electron chi connectivity index (χ1n) is 11.3. The van der Waals surface area contributed by atoms with Gasteiger partial charge in [-0.1, -0.05) is 25.3 Å². The molecule has 2 aliphatic heterocycles. The molecule has 5 heteroatoms. The number of nitrogens with one attached hydrogen (secondary N) is 1. The van der Waals surface area contributed by atoms with E-state index in [0.717, 1.165) is 43.0 Å². The summed E-state index contributed by atoms with van der Waals surface area (Å²) in [6.45, 7) is 7.43. The number of ether oxygens (including phenoxy) is 2. The minimum atomic E-state index is 0.220. The number of quaternary nitrogens is 1. The van der Waals surface area contributed by atoms with Gasteiger partial charge in [-0.25, -0.2) is 0 Å². The Morgan fingerprint density at radius 3 is 2.64 bits per heavy atom. The number of hydrogen-bond donors (Lipinski definition) is 1. The first-order chi connectivity index (χ1) is 13.7. The first kappa shape index (κ1) is 19.6. The van der Waals surface area contributed by atoms with E-state index in [9.17, 15) is 4.79 Å². The molecule has 1 saturated heterocycles. The van der Waals surface area contributed by atoms with Crippen molar-refractivity contribution in [2.24, 2.45) is 5.92 Å². The van der Waals surface area contributed by atoms with Crippen LogP contribution in [0.3, 0.4) is 0 Å². The molecule has 0 aromatic heterocycles. The average molecular weight is 388 g/mol. The molecule has 28 heavy (non-hydrogen) atoms. The molecule has 1 saturated carbocycles. The number of hydrogen-bond acceptors (Lipinski definition) is 3. The third-order valence-corrected chi connectivity index (χ3v) is 6.77. The summed E-state index contributed by atoms with van der Waals surface area (Å²) in [4.78, 5) is 17.3. The Hall–Kier alpha value is -1.75. The molecule has 2 fully saturated rings. The number of amides is 1. The summed E-state index contributed by atoms with van der Waals surface area (Å²) in [5.74, 6) is 2.22. The van der Waals surface area contributed by atoms with E-state index in [0.29, 0.717) is 31.7 Å². The fourth-order valence-corrected chi connectivity index (χ4v) is 5.18. The van der Waals surface area contributed by atoms with E-state index in [-0.39, 0.29) is 5.92 Å². The minimum Gasteiger partial charge on any atom is -0.486 e. The van der Waals surface area contributed by atoms with E-state index in [1.165, 1.54) is 38.6 Å². The molecule has 1 unspecified atom stereocenters. The fourth-order valence-electron chi connectivity index (χ4n) is 5.18. The van der Waals surface area contributed by atoms with Crippen molar-refractivity contribution in [2.45, 2.75) is 64.5 Å². The lowest BCUT2D eigenvalue weighted by Gasteiger charge is -2.32. The molecular formula is C23H35N2O3+. The second-order valence-corrected chi connectivity index (χ2v) is 8.63. The maximum atomic E-state index is 13.4. The quantitative estimate of drug-likeness (QED) is 0.815. The molecule has 4 rings (SSSR count). The molecule has 1 aromatic carbocycles. The molecule has 0 bridgehead atoms. The van der Waals surface area contributed by atoms with Crippen molar-refractivity contribution in [1.82, 2.24) is 4.90 Å². The van der Waals surface area contributed by atoms with E-state index in [1.54, 1.807) is 4.90 Å². The third kappa shape index (κ3) is 4.45. The van der Waals surface area contributed by atoms with E-state index >= 15 is 0 Å². The van der Waals surface area contributed by atoms with Gasteiger partial charge in [0.1, 0.15) is 19.3 Å². The zero-order chi connectivity index (χ0) is 19.3. The SMILES string of the molecule is CC[NH+]1CCC[C@@H]1CN(Cc1ccc2c(c1)OCCO2)C(=O)C1CCCCC1. The number of nitrogens with zero attached hydrogens (tertiary/aromatic N) is 1. The Balaban J connectivity index is 1.50. The number of fused-ring (bicyclic) bond motifs is 1. The molecule has 1 aliphatic carbocycles. The van der Waals surface area contributed by atoms with Gasteiger partial charge in [0.25, 0.3) is 0 Å². The largest absolute Gasteiger partial charge is 0.486 e. The van der Waals surface area contributed by atoms with Gasteiger partial charge in [0.2, 0.25) is 5.91 Å². The zero-order valence-electron chi connectivity index (χ0n) is 17.3. The highest BCUT2D eigenvalue weighted by molar-refractivity contribution is 5.79. The highest BCUT2D eigenvalue weighted by Gasteiger charge is 2.33. The minimum absolute atomic E-state index is 0.220. The van der Waals surface area contributed by atoms with Gasteiger partial charge in [-0.3, -0.25) is 4.79 Å². The van der Waals surface area contributed by atoms with Crippen molar-refractivity contribution >= 4 is 5.91 Å². The van der Waals surface area contributed by atoms with Crippen molar-refractivity contribution in [3.63, 3.8) is 0 Å². The second-order valence-electron chi connectivity index (χ2n) is 8.63. The van der Waals surface area contributed by atoms with E-state index in [4.69, 9.17) is 9.47 Å². The highest BCUT2D eigenvalue weighted by Crippen LogP contribution is 2.32. The van der Waals surface area contributed by atoms with Gasteiger partial charge < -0.3 is 19.3 Å². The van der Waals surface area contributed by atoms with Crippen LogP contribution >= 0.6 is 0 Å². The maximum Gasteiger partial charge on any atom is 0.226 e. The van der Waals surface area contributed by atoms with Gasteiger partial charge in [0.15, 0.2) is 11.5 Å². The molecular weight excluding hydrogens is 352 g/mol. The van der Waals surface area contributed by atoms with Crippen molar-refractivity contribution in [3.05, 3.63) is 23.8 Å². The van der Waals surface area contributed by atoms with Gasteiger partial charge in [0, 0.05) is 25.3 Å². The van der Waals surface area contributed by atoms with Crippen LogP contribution in [-0.2, 0) is 11.3 Å². The summed E-state index contributed by atoms with van der Waals surface area (Å²) >= 11 is 0. The molecule has 1 amide bonds. The molecule has 1 aromatic rings. The van der Waals surface area contributed by atoms with Gasteiger partial charge in [-0.15, -0.1) is 0 Å². The van der Waals surface area contributed by atoms with Crippen LogP contribution in [0.15, 0.2) is 18.2 Å². The summed E-state index contributed by atoms with van der Waals surface area (Å²) in [7, 11) is 0. The van der Waals surface area contributed by atoms with Crippen LogP contribution in [-0.4, -0.2) is 49.7 Å². The van der Waals surface area contributed by atoms with Gasteiger partial charge >= 0.3 is 0 Å². The molecule has 154 valence electrons. The van der Waals surface area contributed by atoms with Crippen LogP contribution in [0.25, 0.3) is 0 Å². The van der Waals surface area contributed by atoms with Crippen molar-refractivity contribution in [1.29, 1.82) is 0 Å². The summed E-state index contributed by atoms with van der Waals surface area (Å²) < 4.78 is 11.4. The summed E-state index contributed by atoms with van der Waals surface area (Å²) in [5.41, 5.74) is 1.14. The van der Waals surface area contributed by atoms with Crippen LogP contribution < -0.4 is 14.4 Å². The van der Waals surface area contributed by atoms with Crippen molar-refractivity contribution in [2.75, 3.05) is 32.8 Å². The summed E-state index contributed by atoms with van der Waals surface area (Å²) in [6, 6.07) is 6.73. The number of rotatable bonds is 6. The number of likely N-dealkylation sites (N-methyl/N-ethyl adjacent to an activating group) is 1. The predicted molar refractivity (Wildman–Crippen MR) is 109 cm³/mol. The van der Waals surface area contributed by atoms with Gasteiger partial charge in [-0.05, 0) is 37.5 Å². The third-order valence-electron chi connectivity index (χ3n) is 6.77. The lowest BCUT2D eigenvalue weighted by atomic mass is 9.88. The Morgan fingerprint density at radius 2 is 1.86 bits per heavy atom. The average Bonchev–Trinajstić information content (AvgIpc) is 3.20. The van der Waals surface area contributed by atoms with Gasteiger partial charge in [-0.2, -0.15) is 0 Å².